The van der Waals surface area contributed by atoms with Crippen molar-refractivity contribution in [2.75, 3.05) is 13.1 Å². The molecule has 0 fully saturated rings. The van der Waals surface area contributed by atoms with Crippen LogP contribution in [0.5, 0.6) is 0 Å². The van der Waals surface area contributed by atoms with Crippen molar-refractivity contribution in [3.63, 3.8) is 0 Å². The molecule has 6 nitrogen and oxygen atoms in total. The number of guanidine groups is 1. The maximum Gasteiger partial charge on any atom is 0.191 e. The Morgan fingerprint density at radius 1 is 1.07 bits per heavy atom. The number of aromatic nitrogens is 3. The van der Waals surface area contributed by atoms with Gasteiger partial charge in [-0.05, 0) is 37.1 Å². The van der Waals surface area contributed by atoms with Gasteiger partial charge >= 0.3 is 0 Å². The third-order valence-corrected chi connectivity index (χ3v) is 4.68. The number of hydrogen-bond acceptors (Lipinski definition) is 3. The van der Waals surface area contributed by atoms with Gasteiger partial charge in [-0.25, -0.2) is 4.99 Å². The van der Waals surface area contributed by atoms with E-state index in [0.717, 1.165) is 30.5 Å². The van der Waals surface area contributed by atoms with E-state index >= 15 is 0 Å². The van der Waals surface area contributed by atoms with Crippen molar-refractivity contribution >= 4 is 11.6 Å². The Balaban J connectivity index is 1.72. The molecule has 0 amide bonds. The Morgan fingerprint density at radius 3 is 2.63 bits per heavy atom. The average molecular weight is 364 g/mol. The lowest BCUT2D eigenvalue weighted by Gasteiger charge is -2.28. The number of nitrogens with zero attached hydrogens (tertiary/aromatic N) is 4. The first kappa shape index (κ1) is 18.9. The van der Waals surface area contributed by atoms with E-state index in [-0.39, 0.29) is 5.41 Å². The van der Waals surface area contributed by atoms with Crippen LogP contribution in [-0.2, 0) is 12.0 Å². The molecule has 0 saturated heterocycles. The molecule has 142 valence electrons. The highest BCUT2D eigenvalue weighted by Gasteiger charge is 2.22. The van der Waals surface area contributed by atoms with Crippen molar-refractivity contribution in [2.24, 2.45) is 4.99 Å². The molecule has 0 aliphatic rings. The number of rotatable bonds is 6. The van der Waals surface area contributed by atoms with Crippen molar-refractivity contribution in [2.45, 2.75) is 39.7 Å². The third kappa shape index (κ3) is 4.45. The highest BCUT2D eigenvalue weighted by atomic mass is 15.3. The Labute approximate surface area is 160 Å². The molecule has 6 heteroatoms. The lowest BCUT2D eigenvalue weighted by molar-refractivity contribution is 0.506. The van der Waals surface area contributed by atoms with Gasteiger partial charge in [0.1, 0.15) is 6.54 Å². The molecule has 3 aromatic rings. The maximum absolute atomic E-state index is 4.70. The molecule has 3 rings (SSSR count). The summed E-state index contributed by atoms with van der Waals surface area (Å²) in [6.07, 6.45) is 1.96. The number of fused-ring (bicyclic) bond motifs is 1. The minimum atomic E-state index is -0.0108. The second kappa shape index (κ2) is 8.20. The van der Waals surface area contributed by atoms with E-state index in [9.17, 15) is 0 Å². The topological polar surface area (TPSA) is 66.6 Å². The molecular weight excluding hydrogens is 336 g/mol. The van der Waals surface area contributed by atoms with Crippen LogP contribution >= 0.6 is 0 Å². The van der Waals surface area contributed by atoms with E-state index in [4.69, 9.17) is 4.99 Å². The largest absolute Gasteiger partial charge is 0.357 e. The molecule has 2 N–H and O–H groups in total. The molecule has 0 bridgehead atoms. The van der Waals surface area contributed by atoms with Crippen molar-refractivity contribution in [3.05, 3.63) is 65.6 Å². The van der Waals surface area contributed by atoms with Crippen molar-refractivity contribution < 1.29 is 0 Å². The van der Waals surface area contributed by atoms with Crippen LogP contribution < -0.4 is 10.6 Å². The predicted molar refractivity (Wildman–Crippen MR) is 110 cm³/mol. The van der Waals surface area contributed by atoms with Gasteiger partial charge in [0.05, 0.1) is 0 Å². The zero-order chi connectivity index (χ0) is 19.3. The molecule has 0 radical (unpaired) electrons. The molecule has 0 spiro atoms. The first-order valence-electron chi connectivity index (χ1n) is 9.38. The monoisotopic (exact) mass is 364 g/mol. The normalized spacial score (nSPS) is 12.4. The smallest absolute Gasteiger partial charge is 0.191 e. The first-order valence-corrected chi connectivity index (χ1v) is 9.38. The number of pyridine rings is 1. The van der Waals surface area contributed by atoms with Gasteiger partial charge < -0.3 is 10.6 Å². The molecule has 0 aliphatic carbocycles. The molecule has 0 saturated carbocycles. The van der Waals surface area contributed by atoms with Crippen LogP contribution in [0.2, 0.25) is 0 Å². The molecule has 1 aromatic carbocycles. The minimum Gasteiger partial charge on any atom is -0.357 e. The highest BCUT2D eigenvalue weighted by molar-refractivity contribution is 5.79. The highest BCUT2D eigenvalue weighted by Crippen LogP contribution is 2.25. The zero-order valence-corrected chi connectivity index (χ0v) is 16.5. The van der Waals surface area contributed by atoms with Gasteiger partial charge in [-0.3, -0.25) is 4.40 Å². The molecule has 0 aliphatic heterocycles. The fraction of sp³-hybridized carbons (Fsp3) is 0.381. The van der Waals surface area contributed by atoms with E-state index in [1.165, 1.54) is 11.1 Å². The maximum atomic E-state index is 4.70. The Bertz CT molecular complexity index is 925. The summed E-state index contributed by atoms with van der Waals surface area (Å²) in [6, 6.07) is 14.4. The standard InChI is InChI=1S/C21H28N6/c1-5-22-20(23-14-19-26-25-18-12-8-9-13-27(18)19)24-15-21(3,4)17-11-7-6-10-16(17)2/h6-13H,5,14-15H2,1-4H3,(H2,22,23,24). The summed E-state index contributed by atoms with van der Waals surface area (Å²) < 4.78 is 1.96. The average Bonchev–Trinajstić information content (AvgIpc) is 3.07. The van der Waals surface area contributed by atoms with Crippen LogP contribution in [0.1, 0.15) is 37.7 Å². The number of hydrogen-bond donors (Lipinski definition) is 2. The number of aryl methyl sites for hydroxylation is 1. The number of nitrogens with one attached hydrogen (secondary N) is 2. The summed E-state index contributed by atoms with van der Waals surface area (Å²) in [7, 11) is 0. The summed E-state index contributed by atoms with van der Waals surface area (Å²) >= 11 is 0. The quantitative estimate of drug-likeness (QED) is 0.521. The van der Waals surface area contributed by atoms with Crippen LogP contribution in [0.25, 0.3) is 5.65 Å². The third-order valence-electron chi connectivity index (χ3n) is 4.68. The van der Waals surface area contributed by atoms with Crippen molar-refractivity contribution in [3.8, 4) is 0 Å². The van der Waals surface area contributed by atoms with E-state index < -0.39 is 0 Å². The van der Waals surface area contributed by atoms with Crippen LogP contribution in [0.4, 0.5) is 0 Å². The lowest BCUT2D eigenvalue weighted by atomic mass is 9.82. The Kier molecular flexibility index (Phi) is 5.74. The number of benzene rings is 1. The minimum absolute atomic E-state index is 0.0108. The number of aliphatic imine (C=N–C) groups is 1. The Hall–Kier alpha value is -2.89. The van der Waals surface area contributed by atoms with Gasteiger partial charge in [0.2, 0.25) is 0 Å². The second-order valence-electron chi connectivity index (χ2n) is 7.29. The first-order chi connectivity index (χ1) is 13.0. The van der Waals surface area contributed by atoms with Crippen molar-refractivity contribution in [1.82, 2.24) is 25.2 Å². The summed E-state index contributed by atoms with van der Waals surface area (Å²) in [6.45, 7) is 10.8. The zero-order valence-electron chi connectivity index (χ0n) is 16.5. The molecule has 0 unspecified atom stereocenters. The molecule has 27 heavy (non-hydrogen) atoms. The SMILES string of the molecule is CCNC(=NCc1nnc2ccccn12)NCC(C)(C)c1ccccc1C. The summed E-state index contributed by atoms with van der Waals surface area (Å²) in [5, 5.41) is 15.2. The molecule has 2 heterocycles. The summed E-state index contributed by atoms with van der Waals surface area (Å²) in [4.78, 5) is 4.70. The lowest BCUT2D eigenvalue weighted by Crippen LogP contribution is -2.43. The molecule has 0 atom stereocenters. The van der Waals surface area contributed by atoms with Gasteiger partial charge in [0.15, 0.2) is 17.4 Å². The van der Waals surface area contributed by atoms with E-state index in [1.807, 2.05) is 28.8 Å². The fourth-order valence-corrected chi connectivity index (χ4v) is 3.22. The van der Waals surface area contributed by atoms with Crippen LogP contribution in [0, 0.1) is 6.92 Å². The van der Waals surface area contributed by atoms with Gasteiger partial charge in [-0.1, -0.05) is 44.2 Å². The van der Waals surface area contributed by atoms with Crippen LogP contribution in [0.15, 0.2) is 53.7 Å². The Morgan fingerprint density at radius 2 is 1.85 bits per heavy atom. The van der Waals surface area contributed by atoms with E-state index in [0.29, 0.717) is 6.54 Å². The van der Waals surface area contributed by atoms with Gasteiger partial charge in [0, 0.05) is 24.7 Å². The van der Waals surface area contributed by atoms with E-state index in [1.54, 1.807) is 0 Å². The van der Waals surface area contributed by atoms with Gasteiger partial charge in [0.25, 0.3) is 0 Å². The van der Waals surface area contributed by atoms with Crippen molar-refractivity contribution in [1.29, 1.82) is 0 Å². The fourth-order valence-electron chi connectivity index (χ4n) is 3.22. The predicted octanol–water partition coefficient (Wildman–Crippen LogP) is 3.07. The van der Waals surface area contributed by atoms with Gasteiger partial charge in [-0.2, -0.15) is 0 Å². The van der Waals surface area contributed by atoms with Crippen LogP contribution in [-0.4, -0.2) is 33.6 Å². The second-order valence-corrected chi connectivity index (χ2v) is 7.29. The molecular formula is C21H28N6. The molecule has 2 aromatic heterocycles. The summed E-state index contributed by atoms with van der Waals surface area (Å²) in [5.41, 5.74) is 3.47. The summed E-state index contributed by atoms with van der Waals surface area (Å²) in [5.74, 6) is 1.60. The van der Waals surface area contributed by atoms with E-state index in [2.05, 4.69) is 72.8 Å². The van der Waals surface area contributed by atoms with Crippen LogP contribution in [0.3, 0.4) is 0 Å². The van der Waals surface area contributed by atoms with Gasteiger partial charge in [-0.15, -0.1) is 10.2 Å².